The lowest BCUT2D eigenvalue weighted by Gasteiger charge is -2.41. The standard InChI is InChI=1S/C52H73N5O8/c1-11-34(4)46(43(63-9)31-44(58)57-30-20-27-42(57)47(64-10)35(5)48(59)53-29-28-36-21-14-12-13-15-22-36)56(8)49(60)45(33(2)3)54-50(61)52(6,7)55-51(62)65-32-41-39-25-18-16-23-37(39)38-24-17-19-26-40(38)41/h12-19,21-26,33-36,41-43,45-47H,11,20,27-32H2,1-10H3,(H,53,59)(H,54,61)(H,55,62)/t34-,35+,42-,43+,45-,46-,47+/m0/s1. The molecule has 7 atom stereocenters. The third kappa shape index (κ3) is 12.3. The lowest BCUT2D eigenvalue weighted by molar-refractivity contribution is -0.148. The van der Waals surface area contributed by atoms with Gasteiger partial charge in [-0.3, -0.25) is 19.2 Å². The van der Waals surface area contributed by atoms with E-state index in [1.807, 2.05) is 100 Å². The summed E-state index contributed by atoms with van der Waals surface area (Å²) in [6.45, 7) is 13.9. The van der Waals surface area contributed by atoms with Crippen LogP contribution < -0.4 is 16.0 Å². The minimum absolute atomic E-state index is 0.00368. The highest BCUT2D eigenvalue weighted by molar-refractivity contribution is 5.94. The molecule has 354 valence electrons. The molecule has 1 heterocycles. The van der Waals surface area contributed by atoms with Gasteiger partial charge in [0.15, 0.2) is 0 Å². The number of hydrogen-bond donors (Lipinski definition) is 3. The lowest BCUT2D eigenvalue weighted by atomic mass is 9.89. The monoisotopic (exact) mass is 896 g/mol. The van der Waals surface area contributed by atoms with Crippen molar-refractivity contribution >= 4 is 29.7 Å². The molecular weight excluding hydrogens is 823 g/mol. The molecule has 13 nitrogen and oxygen atoms in total. The SMILES string of the molecule is CC[C@H](C)[C@@H]([C@@H](CC(=O)N1CCC[C@H]1[C@H](OC)[C@@H](C)C(=O)NCCC1C=CC=CC=C1)OC)N(C)C(=O)[C@@H](NC(=O)C(C)(C)NC(=O)OCC1c2ccccc2-c2ccccc21)C(C)C. The van der Waals surface area contributed by atoms with Gasteiger partial charge in [-0.2, -0.15) is 0 Å². The van der Waals surface area contributed by atoms with Crippen molar-refractivity contribution in [1.29, 1.82) is 0 Å². The fourth-order valence-corrected chi connectivity index (χ4v) is 9.63. The van der Waals surface area contributed by atoms with E-state index in [-0.39, 0.29) is 60.5 Å². The zero-order valence-corrected chi connectivity index (χ0v) is 40.2. The Hall–Kier alpha value is -5.27. The Labute approximate surface area is 386 Å². The molecule has 0 unspecified atom stereocenters. The number of amides is 5. The van der Waals surface area contributed by atoms with E-state index in [9.17, 15) is 24.0 Å². The Morgan fingerprint density at radius 2 is 1.49 bits per heavy atom. The van der Waals surface area contributed by atoms with Gasteiger partial charge in [-0.05, 0) is 73.1 Å². The van der Waals surface area contributed by atoms with Gasteiger partial charge in [0.25, 0.3) is 0 Å². The summed E-state index contributed by atoms with van der Waals surface area (Å²) in [6, 6.07) is 14.3. The van der Waals surface area contributed by atoms with Crippen molar-refractivity contribution in [1.82, 2.24) is 25.8 Å². The van der Waals surface area contributed by atoms with Crippen LogP contribution in [0.15, 0.2) is 85.0 Å². The van der Waals surface area contributed by atoms with Crippen LogP contribution in [0.2, 0.25) is 0 Å². The first-order valence-corrected chi connectivity index (χ1v) is 23.4. The molecule has 3 aliphatic rings. The molecule has 65 heavy (non-hydrogen) atoms. The average molecular weight is 896 g/mol. The molecule has 0 aromatic heterocycles. The zero-order valence-electron chi connectivity index (χ0n) is 40.2. The highest BCUT2D eigenvalue weighted by Crippen LogP contribution is 2.44. The molecule has 3 N–H and O–H groups in total. The number of ether oxygens (including phenoxy) is 3. The molecule has 5 rings (SSSR count). The van der Waals surface area contributed by atoms with Gasteiger partial charge in [0.05, 0.1) is 36.6 Å². The number of hydrogen-bond acceptors (Lipinski definition) is 8. The number of fused-ring (bicyclic) bond motifs is 3. The molecule has 0 radical (unpaired) electrons. The maximum Gasteiger partial charge on any atom is 0.408 e. The van der Waals surface area contributed by atoms with Gasteiger partial charge >= 0.3 is 6.09 Å². The fraction of sp³-hybridized carbons (Fsp3) is 0.558. The van der Waals surface area contributed by atoms with Crippen LogP contribution in [-0.4, -0.2) is 116 Å². The average Bonchev–Trinajstić information content (AvgIpc) is 3.80. The van der Waals surface area contributed by atoms with Crippen LogP contribution in [0.25, 0.3) is 11.1 Å². The van der Waals surface area contributed by atoms with E-state index < -0.39 is 47.7 Å². The van der Waals surface area contributed by atoms with E-state index in [0.29, 0.717) is 25.9 Å². The Kier molecular flexibility index (Phi) is 18.2. The van der Waals surface area contributed by atoms with E-state index in [0.717, 1.165) is 35.1 Å². The number of likely N-dealkylation sites (tertiary alicyclic amines) is 1. The number of allylic oxidation sites excluding steroid dienone is 6. The van der Waals surface area contributed by atoms with Crippen LogP contribution in [0.3, 0.4) is 0 Å². The molecule has 0 saturated carbocycles. The summed E-state index contributed by atoms with van der Waals surface area (Å²) in [5, 5.41) is 8.72. The molecule has 13 heteroatoms. The second kappa shape index (κ2) is 23.3. The van der Waals surface area contributed by atoms with E-state index in [1.165, 1.54) is 0 Å². The Bertz CT molecular complexity index is 2000. The van der Waals surface area contributed by atoms with Gasteiger partial charge in [0, 0.05) is 40.3 Å². The van der Waals surface area contributed by atoms with Crippen LogP contribution in [0, 0.1) is 23.7 Å². The van der Waals surface area contributed by atoms with Crippen molar-refractivity contribution in [3.05, 3.63) is 96.1 Å². The molecule has 1 saturated heterocycles. The van der Waals surface area contributed by atoms with Gasteiger partial charge in [0.1, 0.15) is 18.2 Å². The van der Waals surface area contributed by atoms with Gasteiger partial charge in [-0.1, -0.05) is 126 Å². The van der Waals surface area contributed by atoms with E-state index >= 15 is 0 Å². The van der Waals surface area contributed by atoms with Crippen LogP contribution in [0.5, 0.6) is 0 Å². The topological polar surface area (TPSA) is 156 Å². The van der Waals surface area contributed by atoms with E-state index in [2.05, 4.69) is 40.2 Å². The molecule has 0 bridgehead atoms. The first-order chi connectivity index (χ1) is 31.0. The zero-order chi connectivity index (χ0) is 47.4. The van der Waals surface area contributed by atoms with Crippen molar-refractivity contribution < 1.29 is 38.2 Å². The molecule has 5 amide bonds. The van der Waals surface area contributed by atoms with Crippen LogP contribution in [0.4, 0.5) is 4.79 Å². The molecular formula is C52H73N5O8. The van der Waals surface area contributed by atoms with Crippen LogP contribution in [-0.2, 0) is 33.4 Å². The second-order valence-electron chi connectivity index (χ2n) is 18.8. The van der Waals surface area contributed by atoms with Crippen LogP contribution in [0.1, 0.15) is 97.6 Å². The highest BCUT2D eigenvalue weighted by Gasteiger charge is 2.43. The number of likely N-dealkylation sites (N-methyl/N-ethyl adjacent to an activating group) is 1. The number of nitrogens with zero attached hydrogens (tertiary/aromatic N) is 2. The number of rotatable bonds is 21. The predicted molar refractivity (Wildman–Crippen MR) is 254 cm³/mol. The minimum Gasteiger partial charge on any atom is -0.449 e. The number of benzene rings is 2. The Morgan fingerprint density at radius 1 is 0.877 bits per heavy atom. The Balaban J connectivity index is 1.20. The summed E-state index contributed by atoms with van der Waals surface area (Å²) in [6.07, 6.45) is 13.2. The quantitative estimate of drug-likeness (QED) is 0.119. The van der Waals surface area contributed by atoms with Gasteiger partial charge in [0.2, 0.25) is 23.6 Å². The summed E-state index contributed by atoms with van der Waals surface area (Å²) in [7, 11) is 4.83. The van der Waals surface area contributed by atoms with Crippen molar-refractivity contribution in [2.75, 3.05) is 41.0 Å². The first-order valence-electron chi connectivity index (χ1n) is 23.4. The summed E-state index contributed by atoms with van der Waals surface area (Å²) in [5.74, 6) is -1.97. The normalized spacial score (nSPS) is 18.8. The maximum absolute atomic E-state index is 14.5. The molecule has 2 aromatic carbocycles. The highest BCUT2D eigenvalue weighted by atomic mass is 16.5. The van der Waals surface area contributed by atoms with Crippen molar-refractivity contribution in [2.45, 2.75) is 122 Å². The number of methoxy groups -OCH3 is 2. The minimum atomic E-state index is -1.43. The second-order valence-corrected chi connectivity index (χ2v) is 18.8. The van der Waals surface area contributed by atoms with Crippen LogP contribution >= 0.6 is 0 Å². The van der Waals surface area contributed by atoms with Gasteiger partial charge in [-0.15, -0.1) is 0 Å². The number of carbonyl (C=O) groups is 5. The molecule has 1 aliphatic heterocycles. The van der Waals surface area contributed by atoms with E-state index in [4.69, 9.17) is 14.2 Å². The maximum atomic E-state index is 14.5. The van der Waals surface area contributed by atoms with Gasteiger partial charge < -0.3 is 40.0 Å². The summed E-state index contributed by atoms with van der Waals surface area (Å²) in [4.78, 5) is 72.9. The lowest BCUT2D eigenvalue weighted by Crippen LogP contribution is -2.62. The molecule has 2 aliphatic carbocycles. The first kappa shape index (κ1) is 50.7. The predicted octanol–water partition coefficient (Wildman–Crippen LogP) is 7.17. The van der Waals surface area contributed by atoms with Crippen molar-refractivity contribution in [2.24, 2.45) is 23.7 Å². The summed E-state index contributed by atoms with van der Waals surface area (Å²) < 4.78 is 17.8. The Morgan fingerprint density at radius 3 is 2.06 bits per heavy atom. The number of alkyl carbamates (subject to hydrolysis) is 1. The summed E-state index contributed by atoms with van der Waals surface area (Å²) >= 11 is 0. The summed E-state index contributed by atoms with van der Waals surface area (Å²) in [5.41, 5.74) is 2.94. The third-order valence-electron chi connectivity index (χ3n) is 13.6. The van der Waals surface area contributed by atoms with Gasteiger partial charge in [-0.25, -0.2) is 4.79 Å². The number of carbonyl (C=O) groups excluding carboxylic acids is 5. The van der Waals surface area contributed by atoms with E-state index in [1.54, 1.807) is 40.0 Å². The van der Waals surface area contributed by atoms with Crippen molar-refractivity contribution in [3.63, 3.8) is 0 Å². The molecule has 0 spiro atoms. The molecule has 1 fully saturated rings. The fourth-order valence-electron chi connectivity index (χ4n) is 9.63. The van der Waals surface area contributed by atoms with Crippen molar-refractivity contribution in [3.8, 4) is 11.1 Å². The smallest absolute Gasteiger partial charge is 0.408 e. The largest absolute Gasteiger partial charge is 0.449 e. The third-order valence-corrected chi connectivity index (χ3v) is 13.6. The molecule has 2 aromatic rings. The number of nitrogens with one attached hydrogen (secondary N) is 3.